The van der Waals surface area contributed by atoms with E-state index in [4.69, 9.17) is 4.74 Å². The van der Waals surface area contributed by atoms with E-state index < -0.39 is 9.84 Å². The minimum atomic E-state index is -2.86. The van der Waals surface area contributed by atoms with Crippen molar-refractivity contribution in [2.24, 2.45) is 0 Å². The predicted octanol–water partition coefficient (Wildman–Crippen LogP) is 1.74. The average Bonchev–Trinajstić information content (AvgIpc) is 2.69. The molecule has 1 N–H and O–H groups in total. The van der Waals surface area contributed by atoms with E-state index in [2.05, 4.69) is 21.2 Å². The molecule has 1 unspecified atom stereocenters. The molecule has 1 aliphatic heterocycles. The van der Waals surface area contributed by atoms with Gasteiger partial charge in [0.25, 0.3) is 0 Å². The summed E-state index contributed by atoms with van der Waals surface area (Å²) in [6, 6.07) is 4.24. The lowest BCUT2D eigenvalue weighted by Gasteiger charge is -2.12. The van der Waals surface area contributed by atoms with E-state index in [0.717, 1.165) is 0 Å². The summed E-state index contributed by atoms with van der Waals surface area (Å²) in [5.41, 5.74) is 0. The molecule has 0 spiro atoms. The maximum atomic E-state index is 13.0. The molecule has 1 aliphatic rings. The van der Waals surface area contributed by atoms with E-state index in [9.17, 15) is 12.8 Å². The van der Waals surface area contributed by atoms with Crippen molar-refractivity contribution in [1.29, 1.82) is 0 Å². The van der Waals surface area contributed by atoms with Crippen molar-refractivity contribution in [2.75, 3.05) is 24.7 Å². The van der Waals surface area contributed by atoms with Gasteiger partial charge >= 0.3 is 0 Å². The normalized spacial score (nSPS) is 21.5. The van der Waals surface area contributed by atoms with Crippen LogP contribution < -0.4 is 10.1 Å². The summed E-state index contributed by atoms with van der Waals surface area (Å²) in [6.45, 7) is 0.891. The highest BCUT2D eigenvalue weighted by molar-refractivity contribution is 9.10. The molecule has 4 nitrogen and oxygen atoms in total. The van der Waals surface area contributed by atoms with E-state index in [-0.39, 0.29) is 23.4 Å². The van der Waals surface area contributed by atoms with Gasteiger partial charge in [-0.05, 0) is 34.5 Å². The molecule has 0 aliphatic carbocycles. The first kappa shape index (κ1) is 14.7. The Balaban J connectivity index is 1.74. The second-order valence-electron chi connectivity index (χ2n) is 4.48. The van der Waals surface area contributed by atoms with Gasteiger partial charge in [0.2, 0.25) is 0 Å². The topological polar surface area (TPSA) is 55.4 Å². The van der Waals surface area contributed by atoms with Crippen LogP contribution in [0.25, 0.3) is 0 Å². The molecule has 1 aromatic rings. The van der Waals surface area contributed by atoms with Crippen molar-refractivity contribution in [3.05, 3.63) is 28.5 Å². The highest BCUT2D eigenvalue weighted by Gasteiger charge is 2.27. The van der Waals surface area contributed by atoms with Gasteiger partial charge in [-0.3, -0.25) is 0 Å². The van der Waals surface area contributed by atoms with Gasteiger partial charge in [0.05, 0.1) is 16.0 Å². The number of hydrogen-bond donors (Lipinski definition) is 1. The standard InChI is InChI=1S/C12H15BrFNO3S/c13-11-2-1-9(14)7-12(11)18-5-4-15-10-3-6-19(16,17)8-10/h1-2,7,10,15H,3-6,8H2. The zero-order valence-electron chi connectivity index (χ0n) is 10.2. The summed E-state index contributed by atoms with van der Waals surface area (Å²) >= 11 is 3.27. The molecule has 1 atom stereocenters. The number of ether oxygens (including phenoxy) is 1. The number of nitrogens with one attached hydrogen (secondary N) is 1. The van der Waals surface area contributed by atoms with Gasteiger partial charge in [-0.2, -0.15) is 0 Å². The summed E-state index contributed by atoms with van der Waals surface area (Å²) in [5, 5.41) is 3.13. The quantitative estimate of drug-likeness (QED) is 0.821. The Hall–Kier alpha value is -0.660. The van der Waals surface area contributed by atoms with Gasteiger partial charge in [0, 0.05) is 18.7 Å². The monoisotopic (exact) mass is 351 g/mol. The van der Waals surface area contributed by atoms with Crippen LogP contribution >= 0.6 is 15.9 Å². The highest BCUT2D eigenvalue weighted by atomic mass is 79.9. The van der Waals surface area contributed by atoms with Crippen molar-refractivity contribution in [1.82, 2.24) is 5.32 Å². The number of hydrogen-bond acceptors (Lipinski definition) is 4. The van der Waals surface area contributed by atoms with Crippen LogP contribution in [0.5, 0.6) is 5.75 Å². The zero-order chi connectivity index (χ0) is 13.9. The van der Waals surface area contributed by atoms with Crippen LogP contribution in [0.3, 0.4) is 0 Å². The van der Waals surface area contributed by atoms with E-state index in [0.29, 0.717) is 29.8 Å². The van der Waals surface area contributed by atoms with Gasteiger partial charge in [-0.15, -0.1) is 0 Å². The maximum absolute atomic E-state index is 13.0. The van der Waals surface area contributed by atoms with Crippen molar-refractivity contribution in [3.63, 3.8) is 0 Å². The molecule has 1 fully saturated rings. The average molecular weight is 352 g/mol. The largest absolute Gasteiger partial charge is 0.491 e. The number of sulfone groups is 1. The Labute approximate surface area is 120 Å². The van der Waals surface area contributed by atoms with Crippen LogP contribution in [0.4, 0.5) is 4.39 Å². The summed E-state index contributed by atoms with van der Waals surface area (Å²) in [4.78, 5) is 0. The first-order chi connectivity index (χ1) is 8.96. The lowest BCUT2D eigenvalue weighted by molar-refractivity contribution is 0.304. The van der Waals surface area contributed by atoms with Crippen LogP contribution in [-0.2, 0) is 9.84 Å². The Kier molecular flexibility index (Phi) is 4.81. The van der Waals surface area contributed by atoms with Crippen molar-refractivity contribution >= 4 is 25.8 Å². The number of benzene rings is 1. The third kappa shape index (κ3) is 4.43. The fourth-order valence-corrected chi connectivity index (χ4v) is 4.04. The van der Waals surface area contributed by atoms with E-state index in [1.807, 2.05) is 0 Å². The van der Waals surface area contributed by atoms with Gasteiger partial charge in [0.15, 0.2) is 9.84 Å². The second-order valence-corrected chi connectivity index (χ2v) is 7.56. The smallest absolute Gasteiger partial charge is 0.151 e. The third-order valence-electron chi connectivity index (χ3n) is 2.92. The molecule has 0 saturated carbocycles. The van der Waals surface area contributed by atoms with Crippen molar-refractivity contribution in [2.45, 2.75) is 12.5 Å². The lowest BCUT2D eigenvalue weighted by Crippen LogP contribution is -2.33. The Morgan fingerprint density at radius 3 is 2.95 bits per heavy atom. The fourth-order valence-electron chi connectivity index (χ4n) is 1.97. The molecule has 0 bridgehead atoms. The molecular weight excluding hydrogens is 337 g/mol. The molecule has 19 heavy (non-hydrogen) atoms. The summed E-state index contributed by atoms with van der Waals surface area (Å²) in [6.07, 6.45) is 0.645. The molecule has 0 amide bonds. The van der Waals surface area contributed by atoms with Crippen LogP contribution in [0.2, 0.25) is 0 Å². The Bertz CT molecular complexity index is 550. The SMILES string of the molecule is O=S1(=O)CCC(NCCOc2cc(F)ccc2Br)C1. The molecule has 0 aromatic heterocycles. The maximum Gasteiger partial charge on any atom is 0.151 e. The Morgan fingerprint density at radius 1 is 1.47 bits per heavy atom. The molecule has 1 saturated heterocycles. The van der Waals surface area contributed by atoms with E-state index in [1.54, 1.807) is 6.07 Å². The first-order valence-electron chi connectivity index (χ1n) is 5.98. The zero-order valence-corrected chi connectivity index (χ0v) is 12.6. The van der Waals surface area contributed by atoms with Crippen LogP contribution in [0.1, 0.15) is 6.42 Å². The summed E-state index contributed by atoms with van der Waals surface area (Å²) < 4.78 is 41.6. The molecule has 106 valence electrons. The molecule has 1 heterocycles. The van der Waals surface area contributed by atoms with Gasteiger partial charge < -0.3 is 10.1 Å². The molecule has 0 radical (unpaired) electrons. The molecule has 2 rings (SSSR count). The minimum Gasteiger partial charge on any atom is -0.491 e. The van der Waals surface area contributed by atoms with Gasteiger partial charge in [-0.25, -0.2) is 12.8 Å². The molecular formula is C12H15BrFNO3S. The van der Waals surface area contributed by atoms with Gasteiger partial charge in [-0.1, -0.05) is 0 Å². The van der Waals surface area contributed by atoms with Gasteiger partial charge in [0.1, 0.15) is 18.2 Å². The summed E-state index contributed by atoms with van der Waals surface area (Å²) in [5.74, 6) is 0.534. The van der Waals surface area contributed by atoms with Crippen molar-refractivity contribution in [3.8, 4) is 5.75 Å². The minimum absolute atomic E-state index is 0.00421. The summed E-state index contributed by atoms with van der Waals surface area (Å²) in [7, 11) is -2.86. The lowest BCUT2D eigenvalue weighted by atomic mass is 10.3. The number of halogens is 2. The van der Waals surface area contributed by atoms with E-state index in [1.165, 1.54) is 12.1 Å². The molecule has 1 aromatic carbocycles. The second kappa shape index (κ2) is 6.19. The third-order valence-corrected chi connectivity index (χ3v) is 5.34. The first-order valence-corrected chi connectivity index (χ1v) is 8.59. The van der Waals surface area contributed by atoms with Crippen LogP contribution in [0.15, 0.2) is 22.7 Å². The van der Waals surface area contributed by atoms with Crippen molar-refractivity contribution < 1.29 is 17.5 Å². The predicted molar refractivity (Wildman–Crippen MR) is 74.7 cm³/mol. The fraction of sp³-hybridized carbons (Fsp3) is 0.500. The Morgan fingerprint density at radius 2 is 2.26 bits per heavy atom. The highest BCUT2D eigenvalue weighted by Crippen LogP contribution is 2.25. The number of rotatable bonds is 5. The van der Waals surface area contributed by atoms with E-state index >= 15 is 0 Å². The van der Waals surface area contributed by atoms with Crippen LogP contribution in [-0.4, -0.2) is 39.1 Å². The molecule has 7 heteroatoms. The van der Waals surface area contributed by atoms with Crippen LogP contribution in [0, 0.1) is 5.82 Å².